The fourth-order valence-electron chi connectivity index (χ4n) is 3.36. The maximum absolute atomic E-state index is 12.3. The summed E-state index contributed by atoms with van der Waals surface area (Å²) in [5.41, 5.74) is 0. The van der Waals surface area contributed by atoms with E-state index in [-0.39, 0.29) is 0 Å². The van der Waals surface area contributed by atoms with Gasteiger partial charge in [0.2, 0.25) is 5.91 Å². The number of piperidine rings is 1. The molecule has 2 aliphatic rings. The van der Waals surface area contributed by atoms with E-state index < -0.39 is 0 Å². The molecule has 1 atom stereocenters. The monoisotopic (exact) mass is 322 g/mol. The Bertz CT molecular complexity index is 471. The van der Waals surface area contributed by atoms with Crippen molar-refractivity contribution < 1.29 is 4.79 Å². The lowest BCUT2D eigenvalue weighted by Crippen LogP contribution is -2.48. The Morgan fingerprint density at radius 2 is 2.14 bits per heavy atom. The number of nitrogens with zero attached hydrogens (tertiary/aromatic N) is 4. The first kappa shape index (κ1) is 15.9. The Morgan fingerprint density at radius 1 is 1.32 bits per heavy atom. The molecule has 0 spiro atoms. The van der Waals surface area contributed by atoms with Crippen molar-refractivity contribution in [3.63, 3.8) is 0 Å². The SMILES string of the molecule is CN1CCN(C(=O)CCN2CCC[C@H](c3nccs3)C2)CC1. The van der Waals surface area contributed by atoms with E-state index in [1.807, 2.05) is 11.1 Å². The van der Waals surface area contributed by atoms with Gasteiger partial charge in [0.15, 0.2) is 0 Å². The normalized spacial score (nSPS) is 24.6. The summed E-state index contributed by atoms with van der Waals surface area (Å²) in [6, 6.07) is 0. The van der Waals surface area contributed by atoms with Gasteiger partial charge in [0.05, 0.1) is 5.01 Å². The molecule has 3 heterocycles. The van der Waals surface area contributed by atoms with Crippen LogP contribution in [0.2, 0.25) is 0 Å². The molecule has 0 unspecified atom stereocenters. The van der Waals surface area contributed by atoms with Crippen molar-refractivity contribution in [1.82, 2.24) is 19.7 Å². The summed E-state index contributed by atoms with van der Waals surface area (Å²) in [6.07, 6.45) is 5.01. The summed E-state index contributed by atoms with van der Waals surface area (Å²) < 4.78 is 0. The molecule has 5 nitrogen and oxygen atoms in total. The molecule has 0 N–H and O–H groups in total. The summed E-state index contributed by atoms with van der Waals surface area (Å²) in [5.74, 6) is 0.886. The van der Waals surface area contributed by atoms with Crippen LogP contribution in [0.1, 0.15) is 30.2 Å². The highest BCUT2D eigenvalue weighted by Gasteiger charge is 2.24. The van der Waals surface area contributed by atoms with E-state index in [9.17, 15) is 4.79 Å². The van der Waals surface area contributed by atoms with Gasteiger partial charge < -0.3 is 14.7 Å². The molecule has 0 bridgehead atoms. The minimum atomic E-state index is 0.324. The maximum Gasteiger partial charge on any atom is 0.223 e. The van der Waals surface area contributed by atoms with E-state index in [1.165, 1.54) is 17.8 Å². The lowest BCUT2D eigenvalue weighted by molar-refractivity contribution is -0.133. The standard InChI is InChI=1S/C16H26N4OS/c1-18-8-10-20(11-9-18)15(21)4-7-19-6-2-3-14(13-19)16-17-5-12-22-16/h5,12,14H,2-4,6-11,13H2,1H3/t14-/m0/s1. The summed E-state index contributed by atoms with van der Waals surface area (Å²) in [4.78, 5) is 23.6. The Labute approximate surface area is 136 Å². The number of thiazole rings is 1. The number of hydrogen-bond donors (Lipinski definition) is 0. The Balaban J connectivity index is 1.44. The molecule has 2 saturated heterocycles. The minimum absolute atomic E-state index is 0.324. The number of likely N-dealkylation sites (tertiary alicyclic amines) is 1. The van der Waals surface area contributed by atoms with Crippen LogP contribution < -0.4 is 0 Å². The van der Waals surface area contributed by atoms with Crippen LogP contribution in [0.15, 0.2) is 11.6 Å². The lowest BCUT2D eigenvalue weighted by Gasteiger charge is -2.34. The molecular weight excluding hydrogens is 296 g/mol. The van der Waals surface area contributed by atoms with Crippen LogP contribution in [0.5, 0.6) is 0 Å². The highest BCUT2D eigenvalue weighted by Crippen LogP contribution is 2.28. The third-order valence-corrected chi connectivity index (χ3v) is 5.74. The van der Waals surface area contributed by atoms with Gasteiger partial charge >= 0.3 is 0 Å². The third kappa shape index (κ3) is 4.06. The van der Waals surface area contributed by atoms with Gasteiger partial charge in [-0.05, 0) is 26.4 Å². The molecule has 0 aromatic carbocycles. The predicted molar refractivity (Wildman–Crippen MR) is 89.2 cm³/mol. The highest BCUT2D eigenvalue weighted by molar-refractivity contribution is 7.09. The Morgan fingerprint density at radius 3 is 2.86 bits per heavy atom. The summed E-state index contributed by atoms with van der Waals surface area (Å²) >= 11 is 1.76. The average Bonchev–Trinajstić information content (AvgIpc) is 3.08. The first-order valence-electron chi connectivity index (χ1n) is 8.30. The topological polar surface area (TPSA) is 39.7 Å². The molecule has 6 heteroatoms. The van der Waals surface area contributed by atoms with Crippen LogP contribution >= 0.6 is 11.3 Å². The van der Waals surface area contributed by atoms with Crippen LogP contribution in [-0.4, -0.2) is 78.5 Å². The van der Waals surface area contributed by atoms with Crippen molar-refractivity contribution >= 4 is 17.2 Å². The second-order valence-electron chi connectivity index (χ2n) is 6.44. The third-order valence-electron chi connectivity index (χ3n) is 4.80. The van der Waals surface area contributed by atoms with Crippen molar-refractivity contribution in [3.05, 3.63) is 16.6 Å². The van der Waals surface area contributed by atoms with Crippen molar-refractivity contribution in [2.75, 3.05) is 52.9 Å². The molecule has 1 amide bonds. The van der Waals surface area contributed by atoms with Gasteiger partial charge in [0, 0.05) is 63.2 Å². The van der Waals surface area contributed by atoms with Crippen LogP contribution in [-0.2, 0) is 4.79 Å². The predicted octanol–water partition coefficient (Wildman–Crippen LogP) is 1.49. The van der Waals surface area contributed by atoms with Crippen molar-refractivity contribution in [3.8, 4) is 0 Å². The molecule has 0 aliphatic carbocycles. The van der Waals surface area contributed by atoms with E-state index in [1.54, 1.807) is 11.3 Å². The quantitative estimate of drug-likeness (QED) is 0.842. The molecule has 1 aromatic rings. The summed E-state index contributed by atoms with van der Waals surface area (Å²) in [5, 5.41) is 3.32. The van der Waals surface area contributed by atoms with Crippen LogP contribution in [0.4, 0.5) is 0 Å². The number of piperazine rings is 1. The van der Waals surface area contributed by atoms with Crippen molar-refractivity contribution in [2.24, 2.45) is 0 Å². The number of amides is 1. The molecular formula is C16H26N4OS. The van der Waals surface area contributed by atoms with Gasteiger partial charge in [-0.2, -0.15) is 0 Å². The number of likely N-dealkylation sites (N-methyl/N-ethyl adjacent to an activating group) is 1. The molecule has 122 valence electrons. The number of carbonyl (C=O) groups is 1. The number of rotatable bonds is 4. The van der Waals surface area contributed by atoms with Gasteiger partial charge in [-0.15, -0.1) is 11.3 Å². The van der Waals surface area contributed by atoms with Crippen molar-refractivity contribution in [2.45, 2.75) is 25.2 Å². The Hall–Kier alpha value is -0.980. The second-order valence-corrected chi connectivity index (χ2v) is 7.37. The van der Waals surface area contributed by atoms with Gasteiger partial charge in [-0.1, -0.05) is 0 Å². The molecule has 2 aliphatic heterocycles. The zero-order valence-corrected chi connectivity index (χ0v) is 14.2. The molecule has 22 heavy (non-hydrogen) atoms. The number of aromatic nitrogens is 1. The summed E-state index contributed by atoms with van der Waals surface area (Å²) in [7, 11) is 2.12. The molecule has 0 radical (unpaired) electrons. The molecule has 3 rings (SSSR count). The summed E-state index contributed by atoms with van der Waals surface area (Å²) in [6.45, 7) is 6.85. The number of hydrogen-bond acceptors (Lipinski definition) is 5. The van der Waals surface area contributed by atoms with E-state index in [0.717, 1.165) is 45.8 Å². The van der Waals surface area contributed by atoms with E-state index in [4.69, 9.17) is 0 Å². The zero-order valence-electron chi connectivity index (χ0n) is 13.4. The van der Waals surface area contributed by atoms with Gasteiger partial charge in [0.25, 0.3) is 0 Å². The molecule has 0 saturated carbocycles. The largest absolute Gasteiger partial charge is 0.340 e. The van der Waals surface area contributed by atoms with Gasteiger partial charge in [-0.25, -0.2) is 4.98 Å². The van der Waals surface area contributed by atoms with Gasteiger partial charge in [-0.3, -0.25) is 4.79 Å². The van der Waals surface area contributed by atoms with E-state index in [2.05, 4.69) is 27.2 Å². The van der Waals surface area contributed by atoms with Gasteiger partial charge in [0.1, 0.15) is 0 Å². The van der Waals surface area contributed by atoms with Crippen LogP contribution in [0.25, 0.3) is 0 Å². The van der Waals surface area contributed by atoms with E-state index >= 15 is 0 Å². The van der Waals surface area contributed by atoms with Crippen LogP contribution in [0, 0.1) is 0 Å². The first-order chi connectivity index (χ1) is 10.7. The average molecular weight is 322 g/mol. The Kier molecular flexibility index (Phi) is 5.44. The first-order valence-corrected chi connectivity index (χ1v) is 9.18. The maximum atomic E-state index is 12.3. The van der Waals surface area contributed by atoms with Crippen LogP contribution in [0.3, 0.4) is 0 Å². The lowest BCUT2D eigenvalue weighted by atomic mass is 9.98. The molecule has 2 fully saturated rings. The van der Waals surface area contributed by atoms with E-state index in [0.29, 0.717) is 18.2 Å². The second kappa shape index (κ2) is 7.53. The fourth-order valence-corrected chi connectivity index (χ4v) is 4.13. The highest BCUT2D eigenvalue weighted by atomic mass is 32.1. The minimum Gasteiger partial charge on any atom is -0.340 e. The van der Waals surface area contributed by atoms with Crippen molar-refractivity contribution in [1.29, 1.82) is 0 Å². The fraction of sp³-hybridized carbons (Fsp3) is 0.750. The molecule has 1 aromatic heterocycles. The number of carbonyl (C=O) groups excluding carboxylic acids is 1. The smallest absolute Gasteiger partial charge is 0.223 e. The zero-order chi connectivity index (χ0) is 15.4.